The molecule has 0 aromatic carbocycles. The second-order valence-corrected chi connectivity index (χ2v) is 6.49. The lowest BCUT2D eigenvalue weighted by Crippen LogP contribution is -2.23. The summed E-state index contributed by atoms with van der Waals surface area (Å²) >= 11 is 7.14. The zero-order chi connectivity index (χ0) is 13.9. The molecule has 2 aromatic heterocycles. The van der Waals surface area contributed by atoms with Crippen LogP contribution >= 0.6 is 24.0 Å². The standard InChI is InChI=1S/C15H15N3S2/c16-9-13-12(10-18-8-2-1-5-14(13)18)11-20-15(19)17-6-3-4-7-17/h1-2,5,8,10H,3-4,6-7,11H2. The third-order valence-corrected chi connectivity index (χ3v) is 5.16. The molecule has 2 aromatic rings. The number of rotatable bonds is 2. The molecule has 0 spiro atoms. The fourth-order valence-electron chi connectivity index (χ4n) is 2.55. The number of hydrogen-bond donors (Lipinski definition) is 0. The Morgan fingerprint density at radius 3 is 2.90 bits per heavy atom. The molecule has 0 saturated carbocycles. The molecule has 0 unspecified atom stereocenters. The average molecular weight is 301 g/mol. The zero-order valence-corrected chi connectivity index (χ0v) is 12.7. The summed E-state index contributed by atoms with van der Waals surface area (Å²) in [5.41, 5.74) is 2.80. The first-order valence-corrected chi connectivity index (χ1v) is 8.09. The first-order valence-electron chi connectivity index (χ1n) is 6.70. The van der Waals surface area contributed by atoms with Crippen LogP contribution in [0.25, 0.3) is 5.52 Å². The van der Waals surface area contributed by atoms with Gasteiger partial charge in [0.1, 0.15) is 10.4 Å². The Balaban J connectivity index is 1.77. The van der Waals surface area contributed by atoms with Gasteiger partial charge in [-0.1, -0.05) is 30.0 Å². The second kappa shape index (κ2) is 5.86. The largest absolute Gasteiger partial charge is 0.358 e. The van der Waals surface area contributed by atoms with Crippen LogP contribution < -0.4 is 0 Å². The first-order chi connectivity index (χ1) is 9.79. The fourth-order valence-corrected chi connectivity index (χ4v) is 3.77. The van der Waals surface area contributed by atoms with E-state index in [4.69, 9.17) is 12.2 Å². The van der Waals surface area contributed by atoms with Crippen molar-refractivity contribution < 1.29 is 0 Å². The average Bonchev–Trinajstić information content (AvgIpc) is 3.11. The smallest absolute Gasteiger partial charge is 0.136 e. The maximum Gasteiger partial charge on any atom is 0.136 e. The summed E-state index contributed by atoms with van der Waals surface area (Å²) in [6.07, 6.45) is 6.48. The number of hydrogen-bond acceptors (Lipinski definition) is 3. The van der Waals surface area contributed by atoms with Gasteiger partial charge in [-0.15, -0.1) is 0 Å². The van der Waals surface area contributed by atoms with Crippen LogP contribution in [0, 0.1) is 11.3 Å². The van der Waals surface area contributed by atoms with Crippen LogP contribution in [-0.2, 0) is 5.75 Å². The molecule has 102 valence electrons. The summed E-state index contributed by atoms with van der Waals surface area (Å²) in [5.74, 6) is 0.764. The molecule has 1 aliphatic heterocycles. The molecule has 0 bridgehead atoms. The summed E-state index contributed by atoms with van der Waals surface area (Å²) in [7, 11) is 0. The number of thiocarbonyl (C=S) groups is 1. The molecule has 3 heterocycles. The fraction of sp³-hybridized carbons (Fsp3) is 0.333. The maximum atomic E-state index is 9.37. The number of aromatic nitrogens is 1. The van der Waals surface area contributed by atoms with Gasteiger partial charge in [0.15, 0.2) is 0 Å². The maximum absolute atomic E-state index is 9.37. The second-order valence-electron chi connectivity index (χ2n) is 4.88. The van der Waals surface area contributed by atoms with Crippen molar-refractivity contribution in [1.29, 1.82) is 5.26 Å². The Bertz CT molecular complexity index is 678. The van der Waals surface area contributed by atoms with E-state index in [1.165, 1.54) is 12.8 Å². The highest BCUT2D eigenvalue weighted by Crippen LogP contribution is 2.25. The van der Waals surface area contributed by atoms with E-state index in [0.717, 1.165) is 39.8 Å². The lowest BCUT2D eigenvalue weighted by Gasteiger charge is -2.17. The molecule has 0 aliphatic carbocycles. The highest BCUT2D eigenvalue weighted by Gasteiger charge is 2.16. The van der Waals surface area contributed by atoms with Crippen molar-refractivity contribution in [1.82, 2.24) is 9.30 Å². The van der Waals surface area contributed by atoms with E-state index < -0.39 is 0 Å². The molecule has 0 N–H and O–H groups in total. The van der Waals surface area contributed by atoms with E-state index in [-0.39, 0.29) is 0 Å². The number of likely N-dealkylation sites (tertiary alicyclic amines) is 1. The minimum absolute atomic E-state index is 0.764. The highest BCUT2D eigenvalue weighted by molar-refractivity contribution is 8.22. The van der Waals surface area contributed by atoms with Crippen LogP contribution in [0.2, 0.25) is 0 Å². The molecule has 3 nitrogen and oxygen atoms in total. The third kappa shape index (κ3) is 2.54. The van der Waals surface area contributed by atoms with Crippen molar-refractivity contribution in [2.24, 2.45) is 0 Å². The van der Waals surface area contributed by atoms with E-state index in [1.807, 2.05) is 35.0 Å². The van der Waals surface area contributed by atoms with E-state index >= 15 is 0 Å². The van der Waals surface area contributed by atoms with Crippen molar-refractivity contribution in [2.75, 3.05) is 13.1 Å². The molecule has 3 rings (SSSR count). The van der Waals surface area contributed by atoms with Crippen molar-refractivity contribution in [2.45, 2.75) is 18.6 Å². The van der Waals surface area contributed by atoms with Gasteiger partial charge in [0.25, 0.3) is 0 Å². The summed E-state index contributed by atoms with van der Waals surface area (Å²) in [6, 6.07) is 8.23. The molecule has 0 radical (unpaired) electrons. The van der Waals surface area contributed by atoms with Gasteiger partial charge >= 0.3 is 0 Å². The van der Waals surface area contributed by atoms with Crippen LogP contribution in [0.15, 0.2) is 30.6 Å². The molecule has 1 saturated heterocycles. The van der Waals surface area contributed by atoms with Gasteiger partial charge in [-0.25, -0.2) is 0 Å². The normalized spacial score (nSPS) is 14.7. The van der Waals surface area contributed by atoms with Gasteiger partial charge in [0, 0.05) is 31.2 Å². The van der Waals surface area contributed by atoms with Crippen molar-refractivity contribution in [3.05, 3.63) is 41.7 Å². The molecule has 1 fully saturated rings. The Morgan fingerprint density at radius 1 is 1.35 bits per heavy atom. The first kappa shape index (κ1) is 13.5. The summed E-state index contributed by atoms with van der Waals surface area (Å²) in [6.45, 7) is 2.16. The van der Waals surface area contributed by atoms with Gasteiger partial charge in [-0.2, -0.15) is 5.26 Å². The Hall–Kier alpha value is -1.51. The highest BCUT2D eigenvalue weighted by atomic mass is 32.2. The SMILES string of the molecule is N#Cc1c(CSC(=S)N2CCCC2)cn2ccccc12. The Labute approximate surface area is 128 Å². The molecule has 1 aliphatic rings. The molecule has 20 heavy (non-hydrogen) atoms. The minimum atomic E-state index is 0.764. The molecular weight excluding hydrogens is 286 g/mol. The molecule has 0 amide bonds. The predicted octanol–water partition coefficient (Wildman–Crippen LogP) is 3.42. The van der Waals surface area contributed by atoms with Crippen LogP contribution in [0.3, 0.4) is 0 Å². The number of nitrogens with zero attached hydrogens (tertiary/aromatic N) is 3. The van der Waals surface area contributed by atoms with E-state index in [0.29, 0.717) is 0 Å². The minimum Gasteiger partial charge on any atom is -0.358 e. The van der Waals surface area contributed by atoms with E-state index in [1.54, 1.807) is 11.8 Å². The summed E-state index contributed by atoms with van der Waals surface area (Å²) in [4.78, 5) is 2.27. The quantitative estimate of drug-likeness (QED) is 0.795. The van der Waals surface area contributed by atoms with Crippen LogP contribution in [0.5, 0.6) is 0 Å². The van der Waals surface area contributed by atoms with Gasteiger partial charge in [0.05, 0.1) is 11.1 Å². The van der Waals surface area contributed by atoms with Gasteiger partial charge in [0.2, 0.25) is 0 Å². The topological polar surface area (TPSA) is 31.4 Å². The zero-order valence-electron chi connectivity index (χ0n) is 11.1. The van der Waals surface area contributed by atoms with E-state index in [2.05, 4.69) is 11.0 Å². The monoisotopic (exact) mass is 301 g/mol. The lowest BCUT2D eigenvalue weighted by atomic mass is 10.2. The van der Waals surface area contributed by atoms with Crippen LogP contribution in [0.1, 0.15) is 24.0 Å². The van der Waals surface area contributed by atoms with Crippen molar-refractivity contribution >= 4 is 33.8 Å². The number of fused-ring (bicyclic) bond motifs is 1. The molecule has 5 heteroatoms. The third-order valence-electron chi connectivity index (χ3n) is 3.59. The lowest BCUT2D eigenvalue weighted by molar-refractivity contribution is 0.539. The van der Waals surface area contributed by atoms with E-state index in [9.17, 15) is 5.26 Å². The van der Waals surface area contributed by atoms with Crippen LogP contribution in [0.4, 0.5) is 0 Å². The number of pyridine rings is 1. The van der Waals surface area contributed by atoms with Crippen LogP contribution in [-0.4, -0.2) is 26.7 Å². The van der Waals surface area contributed by atoms with Crippen molar-refractivity contribution in [3.63, 3.8) is 0 Å². The summed E-state index contributed by atoms with van der Waals surface area (Å²) in [5, 5.41) is 9.37. The molecular formula is C15H15N3S2. The number of nitriles is 1. The Morgan fingerprint density at radius 2 is 2.15 bits per heavy atom. The van der Waals surface area contributed by atoms with Gasteiger partial charge in [-0.3, -0.25) is 0 Å². The van der Waals surface area contributed by atoms with Gasteiger partial charge < -0.3 is 9.30 Å². The van der Waals surface area contributed by atoms with Gasteiger partial charge in [-0.05, 0) is 30.5 Å². The van der Waals surface area contributed by atoms with Crippen molar-refractivity contribution in [3.8, 4) is 6.07 Å². The number of thioether (sulfide) groups is 1. The summed E-state index contributed by atoms with van der Waals surface area (Å²) < 4.78 is 2.97. The Kier molecular flexibility index (Phi) is 3.95. The predicted molar refractivity (Wildman–Crippen MR) is 86.8 cm³/mol. The molecule has 0 atom stereocenters.